The number of anilines is 1. The number of methoxy groups -OCH3 is 1. The van der Waals surface area contributed by atoms with Crippen LogP contribution in [0.5, 0.6) is 5.88 Å². The summed E-state index contributed by atoms with van der Waals surface area (Å²) in [6.07, 6.45) is 13.2. The summed E-state index contributed by atoms with van der Waals surface area (Å²) < 4.78 is 7.33. The SMILES string of the molecule is CCn1nccc1C(=O)N[C@@H](C(=O)Nc1ccc(-c2c(C)n[nH]c2C)c(OC)n1)C(C1CCCCC1)C1CCCCC1. The van der Waals surface area contributed by atoms with Gasteiger partial charge in [0.15, 0.2) is 0 Å². The number of aryl methyl sites for hydroxylation is 3. The van der Waals surface area contributed by atoms with Crippen molar-refractivity contribution in [1.29, 1.82) is 0 Å². The minimum Gasteiger partial charge on any atom is -0.480 e. The largest absolute Gasteiger partial charge is 0.480 e. The smallest absolute Gasteiger partial charge is 0.270 e. The Morgan fingerprint density at radius 1 is 1.02 bits per heavy atom. The fraction of sp³-hybridized carbons (Fsp3) is 0.594. The first-order valence-electron chi connectivity index (χ1n) is 15.6. The van der Waals surface area contributed by atoms with E-state index in [2.05, 4.69) is 30.9 Å². The van der Waals surface area contributed by atoms with E-state index in [-0.39, 0.29) is 17.7 Å². The number of nitrogens with one attached hydrogen (secondary N) is 3. The number of carbonyl (C=O) groups excluding carboxylic acids is 2. The Hall–Kier alpha value is -3.69. The predicted molar refractivity (Wildman–Crippen MR) is 162 cm³/mol. The Morgan fingerprint density at radius 2 is 1.69 bits per heavy atom. The highest BCUT2D eigenvalue weighted by molar-refractivity contribution is 6.00. The van der Waals surface area contributed by atoms with Gasteiger partial charge >= 0.3 is 0 Å². The van der Waals surface area contributed by atoms with E-state index in [9.17, 15) is 9.59 Å². The van der Waals surface area contributed by atoms with Crippen molar-refractivity contribution in [3.8, 4) is 17.0 Å². The van der Waals surface area contributed by atoms with Crippen LogP contribution in [0.4, 0.5) is 5.82 Å². The number of nitrogens with zero attached hydrogens (tertiary/aromatic N) is 4. The zero-order valence-corrected chi connectivity index (χ0v) is 25.4. The van der Waals surface area contributed by atoms with Gasteiger partial charge in [-0.3, -0.25) is 19.4 Å². The minimum atomic E-state index is -0.685. The summed E-state index contributed by atoms with van der Waals surface area (Å²) in [5, 5.41) is 17.9. The number of hydrogen-bond acceptors (Lipinski definition) is 6. The number of H-pyrrole nitrogens is 1. The van der Waals surface area contributed by atoms with Crippen LogP contribution in [0.1, 0.15) is 93.0 Å². The van der Waals surface area contributed by atoms with Gasteiger partial charge in [-0.05, 0) is 56.7 Å². The van der Waals surface area contributed by atoms with E-state index in [1.165, 1.54) is 38.5 Å². The number of ether oxygens (including phenoxy) is 1. The molecule has 0 aliphatic heterocycles. The highest BCUT2D eigenvalue weighted by Crippen LogP contribution is 2.42. The zero-order chi connectivity index (χ0) is 29.6. The molecule has 2 amide bonds. The van der Waals surface area contributed by atoms with Gasteiger partial charge in [0.25, 0.3) is 5.91 Å². The molecule has 10 nitrogen and oxygen atoms in total. The first-order valence-corrected chi connectivity index (χ1v) is 15.6. The molecule has 0 spiro atoms. The maximum Gasteiger partial charge on any atom is 0.270 e. The molecule has 1 atom stereocenters. The van der Waals surface area contributed by atoms with E-state index in [1.807, 2.05) is 26.8 Å². The summed E-state index contributed by atoms with van der Waals surface area (Å²) in [5.74, 6) is 1.15. The number of rotatable bonds is 10. The highest BCUT2D eigenvalue weighted by atomic mass is 16.5. The Morgan fingerprint density at radius 3 is 2.26 bits per heavy atom. The van der Waals surface area contributed by atoms with E-state index in [0.717, 1.165) is 48.2 Å². The van der Waals surface area contributed by atoms with Gasteiger partial charge in [-0.25, -0.2) is 0 Å². The molecule has 3 heterocycles. The summed E-state index contributed by atoms with van der Waals surface area (Å²) in [6, 6.07) is 4.73. The van der Waals surface area contributed by atoms with Crippen LogP contribution in [-0.2, 0) is 11.3 Å². The second-order valence-electron chi connectivity index (χ2n) is 11.9. The average Bonchev–Trinajstić information content (AvgIpc) is 3.63. The molecule has 226 valence electrons. The topological polar surface area (TPSA) is 127 Å². The van der Waals surface area contributed by atoms with E-state index in [0.29, 0.717) is 35.8 Å². The molecule has 0 saturated heterocycles. The Balaban J connectivity index is 1.47. The quantitative estimate of drug-likeness (QED) is 0.279. The van der Waals surface area contributed by atoms with Crippen LogP contribution < -0.4 is 15.4 Å². The number of pyridine rings is 1. The van der Waals surface area contributed by atoms with Crippen molar-refractivity contribution in [3.63, 3.8) is 0 Å². The van der Waals surface area contributed by atoms with Gasteiger partial charge < -0.3 is 15.4 Å². The molecule has 42 heavy (non-hydrogen) atoms. The standard InChI is InChI=1S/C32H45N7O3/c1-5-39-25(18-19-33-39)30(40)36-29(28(22-12-8-6-9-13-22)23-14-10-7-11-15-23)31(41)34-26-17-16-24(32(35-26)42-4)27-20(2)37-38-21(27)3/h16-19,22-23,28-29H,5-15H2,1-4H3,(H,36,40)(H,37,38)(H,34,35,41)/t29-/m1/s1. The lowest BCUT2D eigenvalue weighted by Crippen LogP contribution is -2.53. The van der Waals surface area contributed by atoms with E-state index < -0.39 is 6.04 Å². The molecule has 2 aliphatic rings. The van der Waals surface area contributed by atoms with Crippen LogP contribution in [0.25, 0.3) is 11.1 Å². The number of aromatic amines is 1. The van der Waals surface area contributed by atoms with Crippen LogP contribution in [0.3, 0.4) is 0 Å². The third-order valence-electron chi connectivity index (χ3n) is 9.29. The molecule has 5 rings (SSSR count). The third kappa shape index (κ3) is 6.37. The van der Waals surface area contributed by atoms with Crippen molar-refractivity contribution in [1.82, 2.24) is 30.3 Å². The van der Waals surface area contributed by atoms with E-state index >= 15 is 0 Å². The first-order chi connectivity index (χ1) is 20.4. The second-order valence-corrected chi connectivity index (χ2v) is 11.9. The molecule has 3 aromatic rings. The normalized spacial score (nSPS) is 17.3. The Kier molecular flexibility index (Phi) is 9.59. The van der Waals surface area contributed by atoms with Gasteiger partial charge in [0.2, 0.25) is 11.8 Å². The van der Waals surface area contributed by atoms with Crippen molar-refractivity contribution < 1.29 is 14.3 Å². The lowest BCUT2D eigenvalue weighted by molar-refractivity contribution is -0.121. The van der Waals surface area contributed by atoms with Gasteiger partial charge in [-0.2, -0.15) is 15.2 Å². The predicted octanol–water partition coefficient (Wildman–Crippen LogP) is 5.83. The maximum absolute atomic E-state index is 14.3. The van der Waals surface area contributed by atoms with Crippen LogP contribution in [0.2, 0.25) is 0 Å². The van der Waals surface area contributed by atoms with E-state index in [4.69, 9.17) is 4.74 Å². The molecule has 3 aromatic heterocycles. The van der Waals surface area contributed by atoms with Crippen LogP contribution in [-0.4, -0.2) is 49.9 Å². The van der Waals surface area contributed by atoms with Crippen molar-refractivity contribution in [2.24, 2.45) is 17.8 Å². The Bertz CT molecular complexity index is 1330. The lowest BCUT2D eigenvalue weighted by atomic mass is 9.66. The van der Waals surface area contributed by atoms with E-state index in [1.54, 1.807) is 30.1 Å². The fourth-order valence-electron chi connectivity index (χ4n) is 7.30. The van der Waals surface area contributed by atoms with Crippen molar-refractivity contribution in [2.75, 3.05) is 12.4 Å². The van der Waals surface area contributed by atoms with Crippen LogP contribution in [0.15, 0.2) is 24.4 Å². The van der Waals surface area contributed by atoms with Gasteiger partial charge in [0.1, 0.15) is 17.6 Å². The second kappa shape index (κ2) is 13.5. The number of hydrogen-bond donors (Lipinski definition) is 3. The summed E-state index contributed by atoms with van der Waals surface area (Å²) in [6.45, 7) is 6.42. The summed E-state index contributed by atoms with van der Waals surface area (Å²) in [4.78, 5) is 32.6. The molecule has 2 aliphatic carbocycles. The average molecular weight is 576 g/mol. The summed E-state index contributed by atoms with van der Waals surface area (Å²) in [7, 11) is 1.57. The van der Waals surface area contributed by atoms with Gasteiger partial charge in [0, 0.05) is 29.6 Å². The lowest BCUT2D eigenvalue weighted by Gasteiger charge is -2.41. The molecular formula is C32H45N7O3. The molecular weight excluding hydrogens is 530 g/mol. The summed E-state index contributed by atoms with van der Waals surface area (Å²) >= 11 is 0. The van der Waals surface area contributed by atoms with Crippen LogP contribution >= 0.6 is 0 Å². The molecule has 0 radical (unpaired) electrons. The maximum atomic E-state index is 14.3. The molecule has 10 heteroatoms. The zero-order valence-electron chi connectivity index (χ0n) is 25.4. The molecule has 0 aromatic carbocycles. The number of amides is 2. The van der Waals surface area contributed by atoms with Crippen LogP contribution in [0, 0.1) is 31.6 Å². The van der Waals surface area contributed by atoms with Crippen molar-refractivity contribution in [2.45, 2.75) is 97.6 Å². The minimum absolute atomic E-state index is 0.0601. The number of aromatic nitrogens is 5. The van der Waals surface area contributed by atoms with Gasteiger partial charge in [-0.15, -0.1) is 0 Å². The summed E-state index contributed by atoms with van der Waals surface area (Å²) in [5.41, 5.74) is 3.97. The molecule has 2 fully saturated rings. The first kappa shape index (κ1) is 29.8. The molecule has 3 N–H and O–H groups in total. The van der Waals surface area contributed by atoms with Gasteiger partial charge in [0.05, 0.1) is 12.8 Å². The third-order valence-corrected chi connectivity index (χ3v) is 9.29. The molecule has 0 bridgehead atoms. The highest BCUT2D eigenvalue weighted by Gasteiger charge is 2.41. The fourth-order valence-corrected chi connectivity index (χ4v) is 7.30. The number of carbonyl (C=O) groups is 2. The molecule has 2 saturated carbocycles. The van der Waals surface area contributed by atoms with Crippen molar-refractivity contribution >= 4 is 17.6 Å². The monoisotopic (exact) mass is 575 g/mol. The van der Waals surface area contributed by atoms with Gasteiger partial charge in [-0.1, -0.05) is 64.2 Å². The van der Waals surface area contributed by atoms with Crippen molar-refractivity contribution in [3.05, 3.63) is 41.5 Å². The molecule has 0 unspecified atom stereocenters. The Labute approximate surface area is 248 Å².